The van der Waals surface area contributed by atoms with E-state index in [4.69, 9.17) is 35.4 Å². The van der Waals surface area contributed by atoms with Gasteiger partial charge in [0.1, 0.15) is 0 Å². The fourth-order valence-corrected chi connectivity index (χ4v) is 2.34. The second-order valence-corrected chi connectivity index (χ2v) is 5.87. The quantitative estimate of drug-likeness (QED) is 0.623. The Morgan fingerprint density at radius 1 is 1.17 bits per heavy atom. The molecule has 0 amide bonds. The first-order chi connectivity index (χ1) is 11.0. The van der Waals surface area contributed by atoms with Crippen molar-refractivity contribution in [1.29, 1.82) is 0 Å². The molecular formula is C16H14Cl2N2O2S. The zero-order chi connectivity index (χ0) is 16.8. The highest BCUT2D eigenvalue weighted by atomic mass is 35.5. The third-order valence-electron chi connectivity index (χ3n) is 3.00. The maximum Gasteiger partial charge on any atom is 0.339 e. The van der Waals surface area contributed by atoms with Crippen LogP contribution in [0.1, 0.15) is 15.9 Å². The Hall–Kier alpha value is -1.82. The standard InChI is InChI=1S/C16H14Cl2N2O2S/c1-22-15(21)13-8-12(6-7-14(13)18)20-16(23)19-9-10-2-4-11(17)5-3-10/h2-8H,9H2,1H3,(H2,19,20,23). The summed E-state index contributed by atoms with van der Waals surface area (Å²) in [5.74, 6) is -0.501. The number of benzene rings is 2. The highest BCUT2D eigenvalue weighted by Gasteiger charge is 2.11. The molecule has 4 nitrogen and oxygen atoms in total. The maximum atomic E-state index is 11.6. The van der Waals surface area contributed by atoms with Crippen LogP contribution in [0.25, 0.3) is 0 Å². The molecule has 2 aromatic rings. The minimum atomic E-state index is -0.501. The third-order valence-corrected chi connectivity index (χ3v) is 3.82. The minimum Gasteiger partial charge on any atom is -0.465 e. The number of thiocarbonyl (C=S) groups is 1. The zero-order valence-corrected chi connectivity index (χ0v) is 14.6. The van der Waals surface area contributed by atoms with Gasteiger partial charge in [0.2, 0.25) is 0 Å². The lowest BCUT2D eigenvalue weighted by Crippen LogP contribution is -2.27. The maximum absolute atomic E-state index is 11.6. The Morgan fingerprint density at radius 3 is 2.52 bits per heavy atom. The van der Waals surface area contributed by atoms with E-state index in [0.29, 0.717) is 27.4 Å². The van der Waals surface area contributed by atoms with Crippen LogP contribution in [-0.4, -0.2) is 18.2 Å². The number of anilines is 1. The van der Waals surface area contributed by atoms with Gasteiger partial charge < -0.3 is 15.4 Å². The molecule has 0 bridgehead atoms. The van der Waals surface area contributed by atoms with Gasteiger partial charge in [0, 0.05) is 17.3 Å². The molecule has 0 spiro atoms. The molecule has 0 saturated heterocycles. The fraction of sp³-hybridized carbons (Fsp3) is 0.125. The monoisotopic (exact) mass is 368 g/mol. The first-order valence-corrected chi connectivity index (χ1v) is 7.83. The number of ether oxygens (including phenoxy) is 1. The molecular weight excluding hydrogens is 355 g/mol. The van der Waals surface area contributed by atoms with Crippen LogP contribution in [0.15, 0.2) is 42.5 Å². The van der Waals surface area contributed by atoms with Crippen LogP contribution in [0.3, 0.4) is 0 Å². The Kier molecular flexibility index (Phi) is 6.21. The lowest BCUT2D eigenvalue weighted by atomic mass is 10.2. The predicted octanol–water partition coefficient (Wildman–Crippen LogP) is 4.27. The molecule has 120 valence electrons. The molecule has 0 heterocycles. The van der Waals surface area contributed by atoms with Crippen LogP contribution in [0.2, 0.25) is 10.0 Å². The van der Waals surface area contributed by atoms with Gasteiger partial charge in [0.25, 0.3) is 0 Å². The van der Waals surface area contributed by atoms with E-state index < -0.39 is 5.97 Å². The van der Waals surface area contributed by atoms with E-state index in [1.54, 1.807) is 18.2 Å². The molecule has 0 aliphatic heterocycles. The van der Waals surface area contributed by atoms with E-state index in [1.165, 1.54) is 7.11 Å². The van der Waals surface area contributed by atoms with Crippen LogP contribution in [0.5, 0.6) is 0 Å². The first-order valence-electron chi connectivity index (χ1n) is 6.67. The molecule has 7 heteroatoms. The summed E-state index contributed by atoms with van der Waals surface area (Å²) in [6, 6.07) is 12.4. The van der Waals surface area contributed by atoms with E-state index in [-0.39, 0.29) is 5.56 Å². The molecule has 0 aliphatic carbocycles. The summed E-state index contributed by atoms with van der Waals surface area (Å²) in [6.45, 7) is 0.556. The summed E-state index contributed by atoms with van der Waals surface area (Å²) in [7, 11) is 1.30. The molecule has 0 unspecified atom stereocenters. The number of hydrogen-bond donors (Lipinski definition) is 2. The lowest BCUT2D eigenvalue weighted by Gasteiger charge is -2.12. The number of esters is 1. The Bertz CT molecular complexity index is 721. The molecule has 0 radical (unpaired) electrons. The van der Waals surface area contributed by atoms with Crippen molar-refractivity contribution < 1.29 is 9.53 Å². The Morgan fingerprint density at radius 2 is 1.87 bits per heavy atom. The molecule has 0 aromatic heterocycles. The smallest absolute Gasteiger partial charge is 0.339 e. The van der Waals surface area contributed by atoms with Gasteiger partial charge in [-0.15, -0.1) is 0 Å². The van der Waals surface area contributed by atoms with Crippen LogP contribution >= 0.6 is 35.4 Å². The van der Waals surface area contributed by atoms with Crippen LogP contribution in [-0.2, 0) is 11.3 Å². The third kappa shape index (κ3) is 5.10. The van der Waals surface area contributed by atoms with Crippen molar-refractivity contribution >= 4 is 52.2 Å². The molecule has 0 aliphatic rings. The molecule has 0 fully saturated rings. The number of rotatable bonds is 4. The van der Waals surface area contributed by atoms with Crippen LogP contribution < -0.4 is 10.6 Å². The summed E-state index contributed by atoms with van der Waals surface area (Å²) in [6.07, 6.45) is 0. The average molecular weight is 369 g/mol. The summed E-state index contributed by atoms with van der Waals surface area (Å²) >= 11 is 17.0. The number of carbonyl (C=O) groups is 1. The van der Waals surface area contributed by atoms with Gasteiger partial charge in [-0.1, -0.05) is 35.3 Å². The number of nitrogens with one attached hydrogen (secondary N) is 2. The number of halogens is 2. The molecule has 2 rings (SSSR count). The Balaban J connectivity index is 1.97. The van der Waals surface area contributed by atoms with Crippen molar-refractivity contribution in [3.8, 4) is 0 Å². The highest BCUT2D eigenvalue weighted by molar-refractivity contribution is 7.80. The summed E-state index contributed by atoms with van der Waals surface area (Å²) in [5.41, 5.74) is 1.97. The second kappa shape index (κ2) is 8.15. The molecule has 23 heavy (non-hydrogen) atoms. The van der Waals surface area contributed by atoms with Crippen molar-refractivity contribution in [2.75, 3.05) is 12.4 Å². The molecule has 2 aromatic carbocycles. The SMILES string of the molecule is COC(=O)c1cc(NC(=S)NCc2ccc(Cl)cc2)ccc1Cl. The van der Waals surface area contributed by atoms with Gasteiger partial charge in [-0.25, -0.2) is 4.79 Å². The number of carbonyl (C=O) groups excluding carboxylic acids is 1. The van der Waals surface area contributed by atoms with Gasteiger partial charge in [-0.3, -0.25) is 0 Å². The second-order valence-electron chi connectivity index (χ2n) is 4.62. The van der Waals surface area contributed by atoms with Crippen molar-refractivity contribution in [2.24, 2.45) is 0 Å². The molecule has 0 saturated carbocycles. The molecule has 2 N–H and O–H groups in total. The average Bonchev–Trinajstić information content (AvgIpc) is 2.55. The van der Waals surface area contributed by atoms with Crippen molar-refractivity contribution in [2.45, 2.75) is 6.54 Å². The van der Waals surface area contributed by atoms with Gasteiger partial charge in [0.15, 0.2) is 5.11 Å². The predicted molar refractivity (Wildman–Crippen MR) is 97.3 cm³/mol. The van der Waals surface area contributed by atoms with E-state index in [9.17, 15) is 4.79 Å². The highest BCUT2D eigenvalue weighted by Crippen LogP contribution is 2.21. The van der Waals surface area contributed by atoms with Crippen LogP contribution in [0, 0.1) is 0 Å². The Labute approximate surface area is 149 Å². The summed E-state index contributed by atoms with van der Waals surface area (Å²) < 4.78 is 4.68. The van der Waals surface area contributed by atoms with E-state index in [0.717, 1.165) is 5.56 Å². The van der Waals surface area contributed by atoms with Gasteiger partial charge >= 0.3 is 5.97 Å². The zero-order valence-electron chi connectivity index (χ0n) is 12.2. The minimum absolute atomic E-state index is 0.277. The van der Waals surface area contributed by atoms with E-state index >= 15 is 0 Å². The van der Waals surface area contributed by atoms with E-state index in [2.05, 4.69) is 15.4 Å². The fourth-order valence-electron chi connectivity index (χ4n) is 1.83. The number of hydrogen-bond acceptors (Lipinski definition) is 3. The van der Waals surface area contributed by atoms with Crippen molar-refractivity contribution in [1.82, 2.24) is 5.32 Å². The molecule has 0 atom stereocenters. The van der Waals surface area contributed by atoms with Crippen molar-refractivity contribution in [3.63, 3.8) is 0 Å². The van der Waals surface area contributed by atoms with Gasteiger partial charge in [-0.05, 0) is 48.1 Å². The normalized spacial score (nSPS) is 10.0. The first kappa shape index (κ1) is 17.5. The lowest BCUT2D eigenvalue weighted by molar-refractivity contribution is 0.0601. The van der Waals surface area contributed by atoms with Crippen molar-refractivity contribution in [3.05, 3.63) is 63.6 Å². The summed E-state index contributed by atoms with van der Waals surface area (Å²) in [4.78, 5) is 11.6. The van der Waals surface area contributed by atoms with Gasteiger partial charge in [-0.2, -0.15) is 0 Å². The van der Waals surface area contributed by atoms with Crippen LogP contribution in [0.4, 0.5) is 5.69 Å². The summed E-state index contributed by atoms with van der Waals surface area (Å²) in [5, 5.41) is 7.51. The van der Waals surface area contributed by atoms with Gasteiger partial charge in [0.05, 0.1) is 17.7 Å². The number of methoxy groups -OCH3 is 1. The topological polar surface area (TPSA) is 50.4 Å². The largest absolute Gasteiger partial charge is 0.465 e. The van der Waals surface area contributed by atoms with E-state index in [1.807, 2.05) is 24.3 Å².